The molecule has 0 spiro atoms. The molecule has 122 valence electrons. The summed E-state index contributed by atoms with van der Waals surface area (Å²) in [5.74, 6) is 0.0427. The monoisotopic (exact) mass is 299 g/mol. The van der Waals surface area contributed by atoms with Gasteiger partial charge in [-0.15, -0.1) is 0 Å². The standard InChI is InChI=1S/C15H29N3O3/c1-3-5-6-9-16-12-14(19)17-13-7-10-18(11-8-13)15(20)21-4-2/h13,16H,3-12H2,1-2H3,(H,17,19). The van der Waals surface area contributed by atoms with Crippen LogP contribution in [0.4, 0.5) is 4.79 Å². The van der Waals surface area contributed by atoms with Gasteiger partial charge in [0.2, 0.25) is 5.91 Å². The minimum Gasteiger partial charge on any atom is -0.450 e. The van der Waals surface area contributed by atoms with E-state index in [-0.39, 0.29) is 18.0 Å². The van der Waals surface area contributed by atoms with Gasteiger partial charge in [-0.25, -0.2) is 4.79 Å². The third-order valence-corrected chi connectivity index (χ3v) is 3.63. The van der Waals surface area contributed by atoms with E-state index in [1.54, 1.807) is 11.8 Å². The number of hydrogen-bond acceptors (Lipinski definition) is 4. The number of rotatable bonds is 8. The average molecular weight is 299 g/mol. The topological polar surface area (TPSA) is 70.7 Å². The van der Waals surface area contributed by atoms with Crippen LogP contribution in [0.2, 0.25) is 0 Å². The van der Waals surface area contributed by atoms with Gasteiger partial charge in [0.05, 0.1) is 13.2 Å². The number of nitrogens with one attached hydrogen (secondary N) is 2. The maximum atomic E-state index is 11.8. The van der Waals surface area contributed by atoms with E-state index in [9.17, 15) is 9.59 Å². The molecule has 1 aliphatic heterocycles. The molecule has 1 aliphatic rings. The Labute approximate surface area is 127 Å². The maximum Gasteiger partial charge on any atom is 0.409 e. The molecule has 2 N–H and O–H groups in total. The van der Waals surface area contributed by atoms with Crippen molar-refractivity contribution < 1.29 is 14.3 Å². The molecule has 21 heavy (non-hydrogen) atoms. The molecule has 0 atom stereocenters. The van der Waals surface area contributed by atoms with Gasteiger partial charge in [-0.05, 0) is 32.7 Å². The summed E-state index contributed by atoms with van der Waals surface area (Å²) in [6.07, 6.45) is 4.83. The zero-order valence-electron chi connectivity index (χ0n) is 13.3. The van der Waals surface area contributed by atoms with Crippen molar-refractivity contribution >= 4 is 12.0 Å². The highest BCUT2D eigenvalue weighted by atomic mass is 16.6. The molecule has 1 rings (SSSR count). The largest absolute Gasteiger partial charge is 0.450 e. The molecular formula is C15H29N3O3. The molecule has 1 fully saturated rings. The third kappa shape index (κ3) is 7.32. The lowest BCUT2D eigenvalue weighted by atomic mass is 10.1. The Morgan fingerprint density at radius 3 is 2.52 bits per heavy atom. The van der Waals surface area contributed by atoms with Crippen molar-refractivity contribution in [2.75, 3.05) is 32.8 Å². The van der Waals surface area contributed by atoms with Crippen LogP contribution in [0.5, 0.6) is 0 Å². The predicted molar refractivity (Wildman–Crippen MR) is 82.2 cm³/mol. The van der Waals surface area contributed by atoms with E-state index in [0.29, 0.717) is 26.2 Å². The summed E-state index contributed by atoms with van der Waals surface area (Å²) in [6, 6.07) is 0.167. The van der Waals surface area contributed by atoms with E-state index < -0.39 is 0 Å². The summed E-state index contributed by atoms with van der Waals surface area (Å²) in [4.78, 5) is 25.0. The minimum absolute atomic E-state index is 0.0427. The molecular weight excluding hydrogens is 270 g/mol. The maximum absolute atomic E-state index is 11.8. The van der Waals surface area contributed by atoms with Crippen LogP contribution in [0.25, 0.3) is 0 Å². The van der Waals surface area contributed by atoms with Gasteiger partial charge < -0.3 is 20.3 Å². The van der Waals surface area contributed by atoms with Gasteiger partial charge in [0.15, 0.2) is 0 Å². The molecule has 6 nitrogen and oxygen atoms in total. The highest BCUT2D eigenvalue weighted by Crippen LogP contribution is 2.11. The highest BCUT2D eigenvalue weighted by molar-refractivity contribution is 5.78. The molecule has 0 aromatic carbocycles. The molecule has 0 aromatic rings. The molecule has 0 radical (unpaired) electrons. The normalized spacial score (nSPS) is 15.8. The van der Waals surface area contributed by atoms with E-state index >= 15 is 0 Å². The Hall–Kier alpha value is -1.30. The summed E-state index contributed by atoms with van der Waals surface area (Å²) in [7, 11) is 0. The van der Waals surface area contributed by atoms with Crippen LogP contribution in [-0.4, -0.2) is 55.7 Å². The molecule has 0 aromatic heterocycles. The van der Waals surface area contributed by atoms with Gasteiger partial charge in [0.25, 0.3) is 0 Å². The number of carbonyl (C=O) groups excluding carboxylic acids is 2. The van der Waals surface area contributed by atoms with Crippen molar-refractivity contribution in [3.05, 3.63) is 0 Å². The summed E-state index contributed by atoms with van der Waals surface area (Å²) < 4.78 is 4.97. The van der Waals surface area contributed by atoms with Crippen LogP contribution < -0.4 is 10.6 Å². The molecule has 1 heterocycles. The van der Waals surface area contributed by atoms with Gasteiger partial charge in [0.1, 0.15) is 0 Å². The van der Waals surface area contributed by atoms with Gasteiger partial charge in [-0.2, -0.15) is 0 Å². The second kappa shape index (κ2) is 10.4. The van der Waals surface area contributed by atoms with Gasteiger partial charge in [0, 0.05) is 19.1 Å². The number of hydrogen-bond donors (Lipinski definition) is 2. The van der Waals surface area contributed by atoms with E-state index in [1.807, 2.05) is 0 Å². The summed E-state index contributed by atoms with van der Waals surface area (Å²) >= 11 is 0. The van der Waals surface area contributed by atoms with Crippen LogP contribution in [-0.2, 0) is 9.53 Å². The first-order valence-corrected chi connectivity index (χ1v) is 8.09. The van der Waals surface area contributed by atoms with Gasteiger partial charge in [-0.3, -0.25) is 4.79 Å². The molecule has 0 saturated carbocycles. The van der Waals surface area contributed by atoms with Gasteiger partial charge in [-0.1, -0.05) is 19.8 Å². The number of likely N-dealkylation sites (tertiary alicyclic amines) is 1. The molecule has 1 saturated heterocycles. The van der Waals surface area contributed by atoms with Crippen molar-refractivity contribution in [2.45, 2.75) is 52.0 Å². The average Bonchev–Trinajstić information content (AvgIpc) is 2.48. The van der Waals surface area contributed by atoms with Crippen molar-refractivity contribution in [2.24, 2.45) is 0 Å². The predicted octanol–water partition coefficient (Wildman–Crippen LogP) is 1.50. The number of carbonyl (C=O) groups is 2. The van der Waals surface area contributed by atoms with Crippen LogP contribution in [0.1, 0.15) is 46.0 Å². The molecule has 0 bridgehead atoms. The van der Waals surface area contributed by atoms with E-state index in [2.05, 4.69) is 17.6 Å². The summed E-state index contributed by atoms with van der Waals surface area (Å²) in [5, 5.41) is 6.18. The Morgan fingerprint density at radius 1 is 1.19 bits per heavy atom. The van der Waals surface area contributed by atoms with Crippen LogP contribution >= 0.6 is 0 Å². The number of unbranched alkanes of at least 4 members (excludes halogenated alkanes) is 2. The fourth-order valence-corrected chi connectivity index (χ4v) is 2.40. The first kappa shape index (κ1) is 17.8. The van der Waals surface area contributed by atoms with Crippen LogP contribution in [0.15, 0.2) is 0 Å². The molecule has 2 amide bonds. The van der Waals surface area contributed by atoms with Crippen molar-refractivity contribution in [3.63, 3.8) is 0 Å². The molecule has 0 unspecified atom stereocenters. The minimum atomic E-state index is -0.250. The highest BCUT2D eigenvalue weighted by Gasteiger charge is 2.24. The second-order valence-corrected chi connectivity index (χ2v) is 5.41. The third-order valence-electron chi connectivity index (χ3n) is 3.63. The summed E-state index contributed by atoms with van der Waals surface area (Å²) in [6.45, 7) is 6.93. The smallest absolute Gasteiger partial charge is 0.409 e. The first-order valence-electron chi connectivity index (χ1n) is 8.09. The van der Waals surface area contributed by atoms with Crippen LogP contribution in [0, 0.1) is 0 Å². The zero-order valence-corrected chi connectivity index (χ0v) is 13.3. The van der Waals surface area contributed by atoms with Crippen molar-refractivity contribution in [3.8, 4) is 0 Å². The number of nitrogens with zero attached hydrogens (tertiary/aromatic N) is 1. The lowest BCUT2D eigenvalue weighted by Crippen LogP contribution is -2.48. The fourth-order valence-electron chi connectivity index (χ4n) is 2.40. The lowest BCUT2D eigenvalue weighted by molar-refractivity contribution is -0.121. The van der Waals surface area contributed by atoms with E-state index in [0.717, 1.165) is 25.8 Å². The lowest BCUT2D eigenvalue weighted by Gasteiger charge is -2.31. The Balaban J connectivity index is 2.11. The van der Waals surface area contributed by atoms with Gasteiger partial charge >= 0.3 is 6.09 Å². The van der Waals surface area contributed by atoms with Crippen LogP contribution in [0.3, 0.4) is 0 Å². The number of ether oxygens (including phenoxy) is 1. The molecule has 0 aliphatic carbocycles. The summed E-state index contributed by atoms with van der Waals surface area (Å²) in [5.41, 5.74) is 0. The first-order chi connectivity index (χ1) is 10.2. The Kier molecular flexibility index (Phi) is 8.82. The van der Waals surface area contributed by atoms with E-state index in [1.165, 1.54) is 12.8 Å². The zero-order chi connectivity index (χ0) is 15.5. The van der Waals surface area contributed by atoms with Crippen molar-refractivity contribution in [1.82, 2.24) is 15.5 Å². The Bertz CT molecular complexity index is 315. The number of amides is 2. The molecule has 6 heteroatoms. The number of piperidine rings is 1. The van der Waals surface area contributed by atoms with Crippen molar-refractivity contribution in [1.29, 1.82) is 0 Å². The Morgan fingerprint density at radius 2 is 1.90 bits per heavy atom. The fraction of sp³-hybridized carbons (Fsp3) is 0.867. The van der Waals surface area contributed by atoms with E-state index in [4.69, 9.17) is 4.74 Å². The quantitative estimate of drug-likeness (QED) is 0.666. The SMILES string of the molecule is CCCCCNCC(=O)NC1CCN(C(=O)OCC)CC1. The second-order valence-electron chi connectivity index (χ2n) is 5.41.